The molecule has 0 spiro atoms. The second-order valence-electron chi connectivity index (χ2n) is 4.18. The molecule has 0 aromatic heterocycles. The number of rotatable bonds is 6. The van der Waals surface area contributed by atoms with Gasteiger partial charge in [-0.25, -0.2) is 9.59 Å². The summed E-state index contributed by atoms with van der Waals surface area (Å²) in [5.41, 5.74) is 1.09. The van der Waals surface area contributed by atoms with Crippen molar-refractivity contribution in [1.29, 1.82) is 0 Å². The van der Waals surface area contributed by atoms with Crippen molar-refractivity contribution in [3.05, 3.63) is 65.8 Å². The molecule has 0 fully saturated rings. The van der Waals surface area contributed by atoms with Crippen LogP contribution in [0.4, 0.5) is 0 Å². The zero-order valence-corrected chi connectivity index (χ0v) is 11.1. The van der Waals surface area contributed by atoms with Gasteiger partial charge < -0.3 is 10.2 Å². The van der Waals surface area contributed by atoms with Crippen LogP contribution in [0.3, 0.4) is 0 Å². The Kier molecular flexibility index (Phi) is 5.97. The van der Waals surface area contributed by atoms with E-state index < -0.39 is 17.9 Å². The Morgan fingerprint density at radius 3 is 2.35 bits per heavy atom. The molecular formula is C16H16O4. The van der Waals surface area contributed by atoms with Crippen LogP contribution >= 0.6 is 0 Å². The van der Waals surface area contributed by atoms with Crippen LogP contribution in [0, 0.1) is 5.92 Å². The summed E-state index contributed by atoms with van der Waals surface area (Å²) in [4.78, 5) is 21.6. The second-order valence-corrected chi connectivity index (χ2v) is 4.18. The maximum absolute atomic E-state index is 11.1. The summed E-state index contributed by atoms with van der Waals surface area (Å²) < 4.78 is 0. The van der Waals surface area contributed by atoms with Crippen LogP contribution in [-0.4, -0.2) is 22.2 Å². The van der Waals surface area contributed by atoms with E-state index >= 15 is 0 Å². The fourth-order valence-corrected chi connectivity index (χ4v) is 1.58. The summed E-state index contributed by atoms with van der Waals surface area (Å²) in [6.07, 6.45) is 7.20. The first kappa shape index (κ1) is 15.4. The number of benzene rings is 1. The summed E-state index contributed by atoms with van der Waals surface area (Å²) in [7, 11) is 0. The largest absolute Gasteiger partial charge is 0.478 e. The highest BCUT2D eigenvalue weighted by Crippen LogP contribution is 2.13. The topological polar surface area (TPSA) is 74.6 Å². The molecular weight excluding hydrogens is 256 g/mol. The van der Waals surface area contributed by atoms with E-state index in [9.17, 15) is 9.59 Å². The summed E-state index contributed by atoms with van der Waals surface area (Å²) in [6.45, 7) is 1.63. The highest BCUT2D eigenvalue weighted by Gasteiger charge is 2.12. The van der Waals surface area contributed by atoms with Crippen LogP contribution in [0.1, 0.15) is 12.5 Å². The van der Waals surface area contributed by atoms with Gasteiger partial charge in [-0.3, -0.25) is 0 Å². The van der Waals surface area contributed by atoms with Gasteiger partial charge in [0.05, 0.1) is 0 Å². The van der Waals surface area contributed by atoms with Gasteiger partial charge in [-0.05, 0) is 5.56 Å². The Bertz CT molecular complexity index is 553. The van der Waals surface area contributed by atoms with E-state index in [1.165, 1.54) is 12.2 Å². The molecule has 0 saturated carbocycles. The molecule has 0 aliphatic heterocycles. The van der Waals surface area contributed by atoms with E-state index in [2.05, 4.69) is 0 Å². The van der Waals surface area contributed by atoms with E-state index in [1.807, 2.05) is 30.3 Å². The minimum Gasteiger partial charge on any atom is -0.478 e. The van der Waals surface area contributed by atoms with Gasteiger partial charge in [0.2, 0.25) is 0 Å². The van der Waals surface area contributed by atoms with Gasteiger partial charge in [-0.2, -0.15) is 0 Å². The quantitative estimate of drug-likeness (QED) is 0.616. The van der Waals surface area contributed by atoms with Crippen LogP contribution in [0.15, 0.2) is 60.2 Å². The number of hydrogen-bond acceptors (Lipinski definition) is 2. The molecule has 0 bridgehead atoms. The minimum absolute atomic E-state index is 0.134. The smallest absolute Gasteiger partial charge is 0.332 e. The molecule has 1 rings (SSSR count). The average Bonchev–Trinajstić information content (AvgIpc) is 2.41. The fraction of sp³-hybridized carbons (Fsp3) is 0.125. The van der Waals surface area contributed by atoms with E-state index in [1.54, 1.807) is 19.1 Å². The first-order chi connectivity index (χ1) is 9.50. The monoisotopic (exact) mass is 272 g/mol. The minimum atomic E-state index is -1.10. The lowest BCUT2D eigenvalue weighted by Crippen LogP contribution is -2.08. The van der Waals surface area contributed by atoms with Gasteiger partial charge in [0.15, 0.2) is 0 Å². The lowest BCUT2D eigenvalue weighted by atomic mass is 10.00. The predicted molar refractivity (Wildman–Crippen MR) is 77.1 cm³/mol. The molecule has 0 amide bonds. The molecule has 0 radical (unpaired) electrons. The standard InChI is InChI=1S/C16H16O4/c1-12(10-11-15(17)18)14(16(19)20)9-5-8-13-6-3-2-4-7-13/h2-12H,1H3,(H,17,18)(H,19,20). The lowest BCUT2D eigenvalue weighted by molar-refractivity contribution is -0.133. The second kappa shape index (κ2) is 7.74. The maximum Gasteiger partial charge on any atom is 0.332 e. The zero-order chi connectivity index (χ0) is 15.0. The Balaban J connectivity index is 2.86. The average molecular weight is 272 g/mol. The van der Waals surface area contributed by atoms with Gasteiger partial charge in [-0.15, -0.1) is 0 Å². The van der Waals surface area contributed by atoms with Crippen molar-refractivity contribution in [2.75, 3.05) is 0 Å². The first-order valence-electron chi connectivity index (χ1n) is 6.08. The van der Waals surface area contributed by atoms with Crippen molar-refractivity contribution in [1.82, 2.24) is 0 Å². The Morgan fingerprint density at radius 1 is 1.15 bits per heavy atom. The van der Waals surface area contributed by atoms with Crippen molar-refractivity contribution in [3.8, 4) is 0 Å². The Morgan fingerprint density at radius 2 is 1.80 bits per heavy atom. The van der Waals surface area contributed by atoms with Gasteiger partial charge in [0.25, 0.3) is 0 Å². The summed E-state index contributed by atoms with van der Waals surface area (Å²) in [5, 5.41) is 17.7. The third-order valence-corrected chi connectivity index (χ3v) is 2.63. The van der Waals surface area contributed by atoms with Crippen molar-refractivity contribution in [3.63, 3.8) is 0 Å². The van der Waals surface area contributed by atoms with Crippen molar-refractivity contribution in [2.45, 2.75) is 6.92 Å². The maximum atomic E-state index is 11.1. The number of allylic oxidation sites excluding steroid dienone is 3. The van der Waals surface area contributed by atoms with Crippen molar-refractivity contribution >= 4 is 18.0 Å². The molecule has 0 saturated heterocycles. The van der Waals surface area contributed by atoms with Crippen LogP contribution in [0.25, 0.3) is 6.08 Å². The van der Waals surface area contributed by atoms with Gasteiger partial charge in [0.1, 0.15) is 0 Å². The van der Waals surface area contributed by atoms with Crippen LogP contribution in [0.2, 0.25) is 0 Å². The number of carboxylic acids is 2. The first-order valence-corrected chi connectivity index (χ1v) is 6.08. The van der Waals surface area contributed by atoms with Crippen molar-refractivity contribution < 1.29 is 19.8 Å². The van der Waals surface area contributed by atoms with Crippen LogP contribution in [0.5, 0.6) is 0 Å². The molecule has 1 aromatic rings. The number of carboxylic acid groups (broad SMARTS) is 2. The van der Waals surface area contributed by atoms with Crippen LogP contribution in [-0.2, 0) is 9.59 Å². The molecule has 4 heteroatoms. The van der Waals surface area contributed by atoms with Gasteiger partial charge >= 0.3 is 11.9 Å². The summed E-state index contributed by atoms with van der Waals surface area (Å²) in [6, 6.07) is 9.48. The molecule has 1 atom stereocenters. The normalized spacial score (nSPS) is 13.8. The van der Waals surface area contributed by atoms with E-state index in [-0.39, 0.29) is 5.57 Å². The molecule has 1 unspecified atom stereocenters. The number of carbonyl (C=O) groups is 2. The number of hydrogen-bond donors (Lipinski definition) is 2. The summed E-state index contributed by atoms with van der Waals surface area (Å²) in [5.74, 6) is -2.64. The van der Waals surface area contributed by atoms with E-state index in [0.29, 0.717) is 0 Å². The van der Waals surface area contributed by atoms with Gasteiger partial charge in [0, 0.05) is 17.6 Å². The summed E-state index contributed by atoms with van der Waals surface area (Å²) >= 11 is 0. The number of aliphatic carboxylic acids is 2. The van der Waals surface area contributed by atoms with Crippen LogP contribution < -0.4 is 0 Å². The Labute approximate surface area is 117 Å². The molecule has 4 nitrogen and oxygen atoms in total. The highest BCUT2D eigenvalue weighted by atomic mass is 16.4. The molecule has 0 aliphatic rings. The van der Waals surface area contributed by atoms with E-state index in [0.717, 1.165) is 11.6 Å². The zero-order valence-electron chi connectivity index (χ0n) is 11.1. The molecule has 0 heterocycles. The molecule has 2 N–H and O–H groups in total. The molecule has 20 heavy (non-hydrogen) atoms. The third kappa shape index (κ3) is 5.35. The van der Waals surface area contributed by atoms with E-state index in [4.69, 9.17) is 10.2 Å². The Hall–Kier alpha value is -2.62. The predicted octanol–water partition coefficient (Wildman–Crippen LogP) is 2.99. The molecule has 0 aliphatic carbocycles. The molecule has 1 aromatic carbocycles. The third-order valence-electron chi connectivity index (χ3n) is 2.63. The molecule has 104 valence electrons. The SMILES string of the molecule is CC(C=CC(=O)O)C(=CC=Cc1ccccc1)C(=O)O. The highest BCUT2D eigenvalue weighted by molar-refractivity contribution is 5.88. The van der Waals surface area contributed by atoms with Crippen molar-refractivity contribution in [2.24, 2.45) is 5.92 Å². The fourth-order valence-electron chi connectivity index (χ4n) is 1.58. The lowest BCUT2D eigenvalue weighted by Gasteiger charge is -2.05. The van der Waals surface area contributed by atoms with Gasteiger partial charge in [-0.1, -0.05) is 61.6 Å².